The second-order valence-electron chi connectivity index (χ2n) is 7.14. The highest BCUT2D eigenvalue weighted by molar-refractivity contribution is 6.35. The lowest BCUT2D eigenvalue weighted by atomic mass is 9.97. The lowest BCUT2D eigenvalue weighted by Gasteiger charge is -2.08. The van der Waals surface area contributed by atoms with Crippen molar-refractivity contribution in [1.82, 2.24) is 0 Å². The van der Waals surface area contributed by atoms with Crippen molar-refractivity contribution in [1.29, 1.82) is 0 Å². The molecule has 5 heteroatoms. The molecule has 3 aromatic rings. The summed E-state index contributed by atoms with van der Waals surface area (Å²) in [5.74, 6) is 0.167. The number of hydrogen-bond donors (Lipinski definition) is 1. The van der Waals surface area contributed by atoms with Crippen molar-refractivity contribution in [3.63, 3.8) is 0 Å². The molecule has 0 atom stereocenters. The molecular weight excluding hydrogens is 390 g/mol. The highest BCUT2D eigenvalue weighted by Crippen LogP contribution is 2.40. The van der Waals surface area contributed by atoms with E-state index in [-0.39, 0.29) is 13.2 Å². The van der Waals surface area contributed by atoms with Crippen molar-refractivity contribution in [3.05, 3.63) is 107 Å². The van der Waals surface area contributed by atoms with E-state index < -0.39 is 5.97 Å². The van der Waals surface area contributed by atoms with E-state index in [0.29, 0.717) is 17.0 Å². The summed E-state index contributed by atoms with van der Waals surface area (Å²) in [6, 6.07) is 24.9. The van der Waals surface area contributed by atoms with Crippen LogP contribution >= 0.6 is 0 Å². The van der Waals surface area contributed by atoms with E-state index in [1.807, 2.05) is 78.9 Å². The van der Waals surface area contributed by atoms with E-state index in [2.05, 4.69) is 0 Å². The molecule has 0 aromatic heterocycles. The molecule has 0 amide bonds. The molecule has 0 bridgehead atoms. The normalized spacial score (nSPS) is 14.3. The van der Waals surface area contributed by atoms with Crippen LogP contribution in [0.3, 0.4) is 0 Å². The third kappa shape index (κ3) is 3.94. The number of ether oxygens (including phenoxy) is 2. The van der Waals surface area contributed by atoms with Crippen LogP contribution < -0.4 is 4.74 Å². The number of nitrogens with zero attached hydrogens (tertiary/aromatic N) is 1. The minimum absolute atomic E-state index is 0.220. The monoisotopic (exact) mass is 414 g/mol. The molecule has 5 nitrogen and oxygen atoms in total. The Balaban J connectivity index is 1.99. The number of benzene rings is 3. The van der Waals surface area contributed by atoms with Gasteiger partial charge in [0.15, 0.2) is 0 Å². The maximum absolute atomic E-state index is 13.1. The molecule has 156 valence electrons. The molecule has 0 saturated carbocycles. The Labute approximate surface area is 181 Å². The van der Waals surface area contributed by atoms with Crippen LogP contribution in [0.1, 0.15) is 29.2 Å². The predicted octanol–water partition coefficient (Wildman–Crippen LogP) is 4.46. The van der Waals surface area contributed by atoms with Crippen LogP contribution in [0.2, 0.25) is 0 Å². The molecule has 0 saturated heterocycles. The zero-order chi connectivity index (χ0) is 21.8. The average molecular weight is 414 g/mol. The van der Waals surface area contributed by atoms with Crippen LogP contribution in [0.15, 0.2) is 84.4 Å². The molecule has 0 unspecified atom stereocenters. The third-order valence-corrected chi connectivity index (χ3v) is 5.21. The van der Waals surface area contributed by atoms with Crippen LogP contribution in [-0.4, -0.2) is 35.3 Å². The number of hydroxylamine groups is 1. The molecule has 1 aliphatic rings. The maximum Gasteiger partial charge on any atom is 0.345 e. The van der Waals surface area contributed by atoms with Gasteiger partial charge in [0.05, 0.1) is 19.3 Å². The molecule has 31 heavy (non-hydrogen) atoms. The average Bonchev–Trinajstić information content (AvgIpc) is 3.15. The topological polar surface area (TPSA) is 58.8 Å². The van der Waals surface area contributed by atoms with Crippen molar-refractivity contribution in [2.24, 2.45) is 0 Å². The highest BCUT2D eigenvalue weighted by Gasteiger charge is 2.41. The van der Waals surface area contributed by atoms with Gasteiger partial charge in [-0.2, -0.15) is 0 Å². The standard InChI is InChI=1S/C26H24NO4/c1-3-31-26(28)24-23(19-12-8-5-9-13-19)21-15-14-20(30-2)16-22(21)25(24)27(29)17-18-10-6-4-7-11-18/h4-16,29H,3,17H2,1-2H3/q+1/b27-25+. The fourth-order valence-corrected chi connectivity index (χ4v) is 3.86. The van der Waals surface area contributed by atoms with E-state index in [1.165, 1.54) is 0 Å². The van der Waals surface area contributed by atoms with E-state index in [9.17, 15) is 10.0 Å². The van der Waals surface area contributed by atoms with Gasteiger partial charge in [-0.1, -0.05) is 60.7 Å². The minimum atomic E-state index is -0.473. The Hall–Kier alpha value is -3.86. The summed E-state index contributed by atoms with van der Waals surface area (Å²) in [7, 11) is 1.59. The molecule has 0 heterocycles. The Morgan fingerprint density at radius 2 is 1.61 bits per heavy atom. The summed E-state index contributed by atoms with van der Waals surface area (Å²) in [4.78, 5) is 13.1. The van der Waals surface area contributed by atoms with Crippen LogP contribution in [0, 0.1) is 0 Å². The largest absolute Gasteiger partial charge is 0.497 e. The van der Waals surface area contributed by atoms with Crippen molar-refractivity contribution in [2.45, 2.75) is 13.5 Å². The number of carbonyl (C=O) groups excluding carboxylic acids is 1. The van der Waals surface area contributed by atoms with E-state index in [4.69, 9.17) is 9.47 Å². The Bertz CT molecular complexity index is 1160. The van der Waals surface area contributed by atoms with Gasteiger partial charge in [0, 0.05) is 11.1 Å². The number of methoxy groups -OCH3 is 1. The van der Waals surface area contributed by atoms with Gasteiger partial charge in [0.25, 0.3) is 5.71 Å². The molecule has 3 aromatic carbocycles. The molecule has 1 N–H and O–H groups in total. The summed E-state index contributed by atoms with van der Waals surface area (Å²) in [6.07, 6.45) is 0. The summed E-state index contributed by atoms with van der Waals surface area (Å²) < 4.78 is 12.0. The van der Waals surface area contributed by atoms with Gasteiger partial charge in [-0.05, 0) is 41.0 Å². The van der Waals surface area contributed by atoms with E-state index in [0.717, 1.165) is 32.6 Å². The summed E-state index contributed by atoms with van der Waals surface area (Å²) in [6.45, 7) is 2.23. The molecule has 0 fully saturated rings. The number of rotatable bonds is 6. The van der Waals surface area contributed by atoms with Gasteiger partial charge >= 0.3 is 5.97 Å². The van der Waals surface area contributed by atoms with Gasteiger partial charge < -0.3 is 9.47 Å². The Morgan fingerprint density at radius 1 is 0.935 bits per heavy atom. The van der Waals surface area contributed by atoms with Crippen molar-refractivity contribution in [3.8, 4) is 5.75 Å². The van der Waals surface area contributed by atoms with Gasteiger partial charge in [-0.25, -0.2) is 4.79 Å². The molecule has 4 rings (SSSR count). The lowest BCUT2D eigenvalue weighted by molar-refractivity contribution is -0.786. The van der Waals surface area contributed by atoms with Gasteiger partial charge in [0.1, 0.15) is 11.3 Å². The van der Waals surface area contributed by atoms with Gasteiger partial charge in [-0.3, -0.25) is 5.21 Å². The Kier molecular flexibility index (Phi) is 5.85. The summed E-state index contributed by atoms with van der Waals surface area (Å²) in [5, 5.41) is 11.2. The van der Waals surface area contributed by atoms with Gasteiger partial charge in [-0.15, -0.1) is 0 Å². The summed E-state index contributed by atoms with van der Waals surface area (Å²) in [5.41, 5.74) is 4.85. The summed E-state index contributed by atoms with van der Waals surface area (Å²) >= 11 is 0. The quantitative estimate of drug-likeness (QED) is 0.280. The number of hydrogen-bond acceptors (Lipinski definition) is 4. The third-order valence-electron chi connectivity index (χ3n) is 5.21. The molecule has 0 radical (unpaired) electrons. The fraction of sp³-hybridized carbons (Fsp3) is 0.154. The van der Waals surface area contributed by atoms with Crippen LogP contribution in [0.4, 0.5) is 0 Å². The van der Waals surface area contributed by atoms with E-state index >= 15 is 0 Å². The first-order valence-corrected chi connectivity index (χ1v) is 10.2. The van der Waals surface area contributed by atoms with Crippen molar-refractivity contribution in [2.75, 3.05) is 13.7 Å². The van der Waals surface area contributed by atoms with Gasteiger partial charge in [0.2, 0.25) is 6.54 Å². The Morgan fingerprint density at radius 3 is 2.26 bits per heavy atom. The van der Waals surface area contributed by atoms with Crippen LogP contribution in [0.5, 0.6) is 5.75 Å². The van der Waals surface area contributed by atoms with Crippen molar-refractivity contribution >= 4 is 17.3 Å². The zero-order valence-electron chi connectivity index (χ0n) is 17.5. The minimum Gasteiger partial charge on any atom is -0.497 e. The molecule has 1 aliphatic carbocycles. The zero-order valence-corrected chi connectivity index (χ0v) is 17.5. The van der Waals surface area contributed by atoms with Crippen molar-refractivity contribution < 1.29 is 24.2 Å². The molecular formula is C26H24NO4+. The molecule has 0 spiro atoms. The second kappa shape index (κ2) is 8.88. The van der Waals surface area contributed by atoms with Crippen LogP contribution in [-0.2, 0) is 16.1 Å². The lowest BCUT2D eigenvalue weighted by Crippen LogP contribution is -2.24. The van der Waals surface area contributed by atoms with E-state index in [1.54, 1.807) is 14.0 Å². The number of fused-ring (bicyclic) bond motifs is 1. The SMILES string of the molecule is CCOC(=O)C1=C(c2ccccc2)c2ccc(OC)cc2/C1=[N+](\O)Cc1ccccc1. The number of esters is 1. The predicted molar refractivity (Wildman–Crippen MR) is 118 cm³/mol. The molecule has 0 aliphatic heterocycles. The smallest absolute Gasteiger partial charge is 0.345 e. The first-order chi connectivity index (χ1) is 15.1. The fourth-order valence-electron chi connectivity index (χ4n) is 3.86. The first-order valence-electron chi connectivity index (χ1n) is 10.2. The van der Waals surface area contributed by atoms with Crippen LogP contribution in [0.25, 0.3) is 5.57 Å². The first kappa shape index (κ1) is 20.4. The highest BCUT2D eigenvalue weighted by atomic mass is 16.5. The second-order valence-corrected chi connectivity index (χ2v) is 7.14. The maximum atomic E-state index is 13.1. The number of carbonyl (C=O) groups is 1.